The number of hydrogen-bond acceptors (Lipinski definition) is 6. The van der Waals surface area contributed by atoms with E-state index in [9.17, 15) is 4.79 Å². The number of nitrogens with one attached hydrogen (secondary N) is 1. The van der Waals surface area contributed by atoms with E-state index < -0.39 is 0 Å². The minimum atomic E-state index is -0.286. The van der Waals surface area contributed by atoms with Crippen LogP contribution in [0.2, 0.25) is 0 Å². The Bertz CT molecular complexity index is 1050. The SMILES string of the molecule is O=C(Nc1ccc(CCn2ccnn2)cc1)c1cnc(Oc2ccccc2)nc1. The van der Waals surface area contributed by atoms with Crippen molar-refractivity contribution >= 4 is 11.6 Å². The molecule has 1 N–H and O–H groups in total. The zero-order valence-corrected chi connectivity index (χ0v) is 15.5. The van der Waals surface area contributed by atoms with E-state index in [1.807, 2.05) is 48.7 Å². The normalized spacial score (nSPS) is 10.5. The monoisotopic (exact) mass is 386 g/mol. The maximum absolute atomic E-state index is 12.4. The van der Waals surface area contributed by atoms with Crippen molar-refractivity contribution < 1.29 is 9.53 Å². The van der Waals surface area contributed by atoms with Gasteiger partial charge >= 0.3 is 6.01 Å². The number of carbonyl (C=O) groups excluding carboxylic acids is 1. The van der Waals surface area contributed by atoms with Crippen LogP contribution in [0, 0.1) is 0 Å². The molecule has 0 unspecified atom stereocenters. The third-order valence-corrected chi connectivity index (χ3v) is 4.16. The highest BCUT2D eigenvalue weighted by Crippen LogP contribution is 2.17. The minimum absolute atomic E-state index is 0.185. The fourth-order valence-electron chi connectivity index (χ4n) is 2.63. The Balaban J connectivity index is 1.32. The predicted molar refractivity (Wildman–Crippen MR) is 107 cm³/mol. The molecule has 8 nitrogen and oxygen atoms in total. The highest BCUT2D eigenvalue weighted by atomic mass is 16.5. The van der Waals surface area contributed by atoms with Crippen molar-refractivity contribution in [3.05, 3.63) is 90.5 Å². The molecule has 8 heteroatoms. The van der Waals surface area contributed by atoms with Crippen molar-refractivity contribution in [3.63, 3.8) is 0 Å². The van der Waals surface area contributed by atoms with Crippen molar-refractivity contribution in [1.29, 1.82) is 0 Å². The van der Waals surface area contributed by atoms with E-state index in [1.54, 1.807) is 23.0 Å². The molecule has 4 aromatic rings. The van der Waals surface area contributed by atoms with E-state index in [0.29, 0.717) is 17.0 Å². The van der Waals surface area contributed by atoms with E-state index in [-0.39, 0.29) is 11.9 Å². The van der Waals surface area contributed by atoms with Crippen LogP contribution in [-0.2, 0) is 13.0 Å². The highest BCUT2D eigenvalue weighted by Gasteiger charge is 2.09. The lowest BCUT2D eigenvalue weighted by molar-refractivity contribution is 0.102. The summed E-state index contributed by atoms with van der Waals surface area (Å²) in [5, 5.41) is 10.6. The zero-order valence-electron chi connectivity index (χ0n) is 15.5. The zero-order chi connectivity index (χ0) is 19.9. The van der Waals surface area contributed by atoms with Crippen LogP contribution in [0.3, 0.4) is 0 Å². The molecule has 0 atom stereocenters. The molecule has 1 amide bonds. The van der Waals surface area contributed by atoms with Crippen molar-refractivity contribution in [2.75, 3.05) is 5.32 Å². The van der Waals surface area contributed by atoms with Crippen molar-refractivity contribution in [2.45, 2.75) is 13.0 Å². The topological polar surface area (TPSA) is 94.8 Å². The number of para-hydroxylation sites is 1. The fraction of sp³-hybridized carbons (Fsp3) is 0.0952. The van der Waals surface area contributed by atoms with Gasteiger partial charge in [0.15, 0.2) is 0 Å². The van der Waals surface area contributed by atoms with Gasteiger partial charge in [0.05, 0.1) is 11.8 Å². The first-order chi connectivity index (χ1) is 14.3. The first-order valence-corrected chi connectivity index (χ1v) is 9.05. The van der Waals surface area contributed by atoms with Gasteiger partial charge in [0.2, 0.25) is 0 Å². The van der Waals surface area contributed by atoms with Gasteiger partial charge in [-0.15, -0.1) is 5.10 Å². The number of aryl methyl sites for hydroxylation is 2. The lowest BCUT2D eigenvalue weighted by Crippen LogP contribution is -2.12. The highest BCUT2D eigenvalue weighted by molar-refractivity contribution is 6.03. The molecule has 2 aromatic carbocycles. The van der Waals surface area contributed by atoms with Crippen LogP contribution in [0.5, 0.6) is 11.8 Å². The maximum atomic E-state index is 12.4. The van der Waals surface area contributed by atoms with Gasteiger partial charge in [-0.3, -0.25) is 9.48 Å². The van der Waals surface area contributed by atoms with Gasteiger partial charge in [-0.1, -0.05) is 35.5 Å². The number of nitrogens with zero attached hydrogens (tertiary/aromatic N) is 5. The second-order valence-corrected chi connectivity index (χ2v) is 6.24. The molecular weight excluding hydrogens is 368 g/mol. The van der Waals surface area contributed by atoms with Gasteiger partial charge in [0.25, 0.3) is 5.91 Å². The van der Waals surface area contributed by atoms with Crippen molar-refractivity contribution in [3.8, 4) is 11.8 Å². The first kappa shape index (κ1) is 18.3. The van der Waals surface area contributed by atoms with Crippen LogP contribution in [0.1, 0.15) is 15.9 Å². The Morgan fingerprint density at radius 3 is 2.45 bits per heavy atom. The maximum Gasteiger partial charge on any atom is 0.321 e. The molecule has 2 aromatic heterocycles. The Morgan fingerprint density at radius 2 is 1.76 bits per heavy atom. The van der Waals surface area contributed by atoms with Crippen LogP contribution in [0.4, 0.5) is 5.69 Å². The molecule has 4 rings (SSSR count). The summed E-state index contributed by atoms with van der Waals surface area (Å²) in [4.78, 5) is 20.6. The summed E-state index contributed by atoms with van der Waals surface area (Å²) in [5.74, 6) is 0.347. The molecule has 0 fully saturated rings. The smallest absolute Gasteiger partial charge is 0.321 e. The molecule has 0 bridgehead atoms. The minimum Gasteiger partial charge on any atom is -0.424 e. The Hall–Kier alpha value is -4.07. The third kappa shape index (κ3) is 5.01. The molecule has 144 valence electrons. The van der Waals surface area contributed by atoms with E-state index in [4.69, 9.17) is 4.74 Å². The number of anilines is 1. The molecule has 0 saturated carbocycles. The molecular formula is C21H18N6O2. The number of ether oxygens (including phenoxy) is 1. The van der Waals surface area contributed by atoms with Crippen LogP contribution in [0.15, 0.2) is 79.4 Å². The Kier molecular flexibility index (Phi) is 5.52. The molecule has 0 saturated heterocycles. The van der Waals surface area contributed by atoms with Crippen LogP contribution in [0.25, 0.3) is 0 Å². The Labute approximate surface area is 167 Å². The summed E-state index contributed by atoms with van der Waals surface area (Å²) >= 11 is 0. The number of amides is 1. The van der Waals surface area contributed by atoms with Gasteiger partial charge < -0.3 is 10.1 Å². The quantitative estimate of drug-likeness (QED) is 0.523. The molecule has 0 aliphatic carbocycles. The summed E-state index contributed by atoms with van der Waals surface area (Å²) in [5.41, 5.74) is 2.19. The summed E-state index contributed by atoms with van der Waals surface area (Å²) in [7, 11) is 0. The molecule has 29 heavy (non-hydrogen) atoms. The number of carbonyl (C=O) groups is 1. The number of hydrogen-bond donors (Lipinski definition) is 1. The van der Waals surface area contributed by atoms with Gasteiger partial charge in [0, 0.05) is 30.8 Å². The third-order valence-electron chi connectivity index (χ3n) is 4.16. The first-order valence-electron chi connectivity index (χ1n) is 9.05. The number of rotatable bonds is 7. The predicted octanol–water partition coefficient (Wildman–Crippen LogP) is 3.36. The number of aromatic nitrogens is 5. The van der Waals surface area contributed by atoms with Crippen molar-refractivity contribution in [1.82, 2.24) is 25.0 Å². The van der Waals surface area contributed by atoms with Crippen LogP contribution in [-0.4, -0.2) is 30.9 Å². The van der Waals surface area contributed by atoms with Crippen LogP contribution >= 0.6 is 0 Å². The summed E-state index contributed by atoms with van der Waals surface area (Å²) < 4.78 is 7.31. The average Bonchev–Trinajstić information content (AvgIpc) is 3.28. The van der Waals surface area contributed by atoms with E-state index in [1.165, 1.54) is 12.4 Å². The Morgan fingerprint density at radius 1 is 1.00 bits per heavy atom. The lowest BCUT2D eigenvalue weighted by atomic mass is 10.1. The van der Waals surface area contributed by atoms with Gasteiger partial charge in [0.1, 0.15) is 5.75 Å². The molecule has 0 aliphatic heterocycles. The van der Waals surface area contributed by atoms with Gasteiger partial charge in [-0.25, -0.2) is 9.97 Å². The largest absolute Gasteiger partial charge is 0.424 e. The molecule has 2 heterocycles. The van der Waals surface area contributed by atoms with E-state index >= 15 is 0 Å². The fourth-order valence-corrected chi connectivity index (χ4v) is 2.63. The van der Waals surface area contributed by atoms with E-state index in [2.05, 4.69) is 25.6 Å². The molecule has 0 radical (unpaired) electrons. The van der Waals surface area contributed by atoms with Gasteiger partial charge in [-0.2, -0.15) is 0 Å². The lowest BCUT2D eigenvalue weighted by Gasteiger charge is -2.07. The van der Waals surface area contributed by atoms with Crippen molar-refractivity contribution in [2.24, 2.45) is 0 Å². The van der Waals surface area contributed by atoms with Crippen LogP contribution < -0.4 is 10.1 Å². The summed E-state index contributed by atoms with van der Waals surface area (Å²) in [6.45, 7) is 0.750. The molecule has 0 aliphatic rings. The van der Waals surface area contributed by atoms with Gasteiger partial charge in [-0.05, 0) is 36.2 Å². The number of benzene rings is 2. The molecule has 0 spiro atoms. The standard InChI is InChI=1S/C21H18N6O2/c28-20(17-14-22-21(23-15-17)29-19-4-2-1-3-5-19)25-18-8-6-16(7-9-18)10-12-27-13-11-24-26-27/h1-9,11,13-15H,10,12H2,(H,25,28). The summed E-state index contributed by atoms with van der Waals surface area (Å²) in [6.07, 6.45) is 7.18. The van der Waals surface area contributed by atoms with E-state index in [0.717, 1.165) is 18.5 Å². The second-order valence-electron chi connectivity index (χ2n) is 6.24. The summed E-state index contributed by atoms with van der Waals surface area (Å²) in [6, 6.07) is 17.1. The average molecular weight is 386 g/mol. The second kappa shape index (κ2) is 8.75.